The van der Waals surface area contributed by atoms with Crippen LogP contribution in [0.25, 0.3) is 4.85 Å². The van der Waals surface area contributed by atoms with Gasteiger partial charge in [0, 0.05) is 17.3 Å². The smallest absolute Gasteiger partial charge is 0.349 e. The molecule has 0 fully saturated rings. The molecule has 3 atom stereocenters. The fourth-order valence-electron chi connectivity index (χ4n) is 4.74. The van der Waals surface area contributed by atoms with E-state index >= 15 is 0 Å². The molecule has 3 aromatic rings. The zero-order valence-electron chi connectivity index (χ0n) is 21.0. The maximum Gasteiger partial charge on any atom is 0.416 e. The summed E-state index contributed by atoms with van der Waals surface area (Å²) in [4.78, 5) is 32.4. The number of alkyl halides is 3. The van der Waals surface area contributed by atoms with Crippen LogP contribution in [-0.2, 0) is 15.8 Å². The first-order valence-electron chi connectivity index (χ1n) is 12.0. The van der Waals surface area contributed by atoms with Gasteiger partial charge in [-0.1, -0.05) is 48.5 Å². The largest absolute Gasteiger partial charge is 0.416 e. The van der Waals surface area contributed by atoms with Gasteiger partial charge in [0.2, 0.25) is 11.8 Å². The lowest BCUT2D eigenvalue weighted by Gasteiger charge is -2.38. The molecule has 0 bridgehead atoms. The summed E-state index contributed by atoms with van der Waals surface area (Å²) in [5, 5.41) is 12.0. The van der Waals surface area contributed by atoms with E-state index in [0.717, 1.165) is 22.6 Å². The molecule has 1 aliphatic heterocycles. The van der Waals surface area contributed by atoms with Crippen LogP contribution in [0, 0.1) is 23.8 Å². The minimum Gasteiger partial charge on any atom is -0.349 e. The molecule has 4 rings (SSSR count). The Balaban J connectivity index is 1.85. The van der Waals surface area contributed by atoms with Crippen LogP contribution >= 0.6 is 0 Å². The summed E-state index contributed by atoms with van der Waals surface area (Å²) in [5.74, 6) is -3.89. The molecule has 0 aliphatic carbocycles. The number of carbonyl (C=O) groups excluding carboxylic acids is 2. The standard InChI is InChI=1S/C30H23F3N4O2/c1-18(21-8-5-4-6-9-21)36-28(38)26-25(22-14-12-20(17-34)13-15-22)27(35-3)19(2)37(29(26)39)24-11-7-10-23(16-24)30(31,32)33/h4-16,18,25-26H,1-2H3,(H,36,38)/t18-,25?,26?/m1/s1. The van der Waals surface area contributed by atoms with Crippen LogP contribution in [-0.4, -0.2) is 11.8 Å². The molecule has 0 aromatic heterocycles. The number of amides is 2. The summed E-state index contributed by atoms with van der Waals surface area (Å²) in [5.41, 5.74) is 0.724. The van der Waals surface area contributed by atoms with Gasteiger partial charge in [-0.15, -0.1) is 0 Å². The van der Waals surface area contributed by atoms with Gasteiger partial charge in [0.05, 0.1) is 29.8 Å². The maximum atomic E-state index is 14.0. The van der Waals surface area contributed by atoms with Crippen molar-refractivity contribution < 1.29 is 22.8 Å². The Morgan fingerprint density at radius 1 is 1.08 bits per heavy atom. The third-order valence-electron chi connectivity index (χ3n) is 6.71. The molecule has 0 radical (unpaired) electrons. The molecule has 39 heavy (non-hydrogen) atoms. The quantitative estimate of drug-likeness (QED) is 0.310. The van der Waals surface area contributed by atoms with Gasteiger partial charge in [-0.3, -0.25) is 14.5 Å². The second-order valence-corrected chi connectivity index (χ2v) is 9.13. The van der Waals surface area contributed by atoms with Crippen molar-refractivity contribution in [3.05, 3.63) is 124 Å². The van der Waals surface area contributed by atoms with E-state index in [9.17, 15) is 28.0 Å². The predicted octanol–water partition coefficient (Wildman–Crippen LogP) is 6.35. The highest BCUT2D eigenvalue weighted by atomic mass is 19.4. The number of carbonyl (C=O) groups is 2. The highest BCUT2D eigenvalue weighted by Crippen LogP contribution is 2.44. The van der Waals surface area contributed by atoms with Crippen LogP contribution in [0.15, 0.2) is 90.3 Å². The summed E-state index contributed by atoms with van der Waals surface area (Å²) in [7, 11) is 0. The lowest BCUT2D eigenvalue weighted by Crippen LogP contribution is -2.50. The second kappa shape index (κ2) is 10.8. The first-order valence-corrected chi connectivity index (χ1v) is 12.0. The number of hydrogen-bond donors (Lipinski definition) is 1. The Labute approximate surface area is 223 Å². The topological polar surface area (TPSA) is 77.6 Å². The molecule has 3 aromatic carbocycles. The average Bonchev–Trinajstić information content (AvgIpc) is 2.93. The van der Waals surface area contributed by atoms with Crippen molar-refractivity contribution in [2.24, 2.45) is 5.92 Å². The Morgan fingerprint density at radius 2 is 1.74 bits per heavy atom. The lowest BCUT2D eigenvalue weighted by atomic mass is 9.78. The number of hydrogen-bond acceptors (Lipinski definition) is 3. The Hall–Kier alpha value is -4.89. The van der Waals surface area contributed by atoms with E-state index in [1.54, 1.807) is 19.1 Å². The maximum absolute atomic E-state index is 14.0. The van der Waals surface area contributed by atoms with Crippen molar-refractivity contribution in [2.75, 3.05) is 4.90 Å². The van der Waals surface area contributed by atoms with Crippen molar-refractivity contribution >= 4 is 17.5 Å². The Morgan fingerprint density at radius 3 is 2.33 bits per heavy atom. The fourth-order valence-corrected chi connectivity index (χ4v) is 4.74. The molecule has 196 valence electrons. The van der Waals surface area contributed by atoms with E-state index in [2.05, 4.69) is 10.2 Å². The summed E-state index contributed by atoms with van der Waals surface area (Å²) in [6.07, 6.45) is -4.65. The number of halogens is 3. The summed E-state index contributed by atoms with van der Waals surface area (Å²) >= 11 is 0. The molecule has 0 spiro atoms. The summed E-state index contributed by atoms with van der Waals surface area (Å²) < 4.78 is 40.4. The van der Waals surface area contributed by atoms with E-state index in [1.165, 1.54) is 31.2 Å². The number of anilines is 1. The Bertz CT molecular complexity index is 1520. The van der Waals surface area contributed by atoms with Crippen LogP contribution in [0.3, 0.4) is 0 Å². The monoisotopic (exact) mass is 528 g/mol. The summed E-state index contributed by atoms with van der Waals surface area (Å²) in [6.45, 7) is 11.1. The highest BCUT2D eigenvalue weighted by Gasteiger charge is 2.47. The first-order chi connectivity index (χ1) is 18.6. The van der Waals surface area contributed by atoms with Gasteiger partial charge in [0.25, 0.3) is 0 Å². The summed E-state index contributed by atoms with van der Waals surface area (Å²) in [6, 6.07) is 21.0. The number of benzene rings is 3. The van der Waals surface area contributed by atoms with Crippen LogP contribution in [0.2, 0.25) is 0 Å². The molecule has 9 heteroatoms. The van der Waals surface area contributed by atoms with E-state index in [0.29, 0.717) is 11.1 Å². The van der Waals surface area contributed by atoms with Gasteiger partial charge < -0.3 is 5.32 Å². The number of nitrogens with one attached hydrogen (secondary N) is 1. The van der Waals surface area contributed by atoms with E-state index in [-0.39, 0.29) is 17.1 Å². The predicted molar refractivity (Wildman–Crippen MR) is 139 cm³/mol. The van der Waals surface area contributed by atoms with Gasteiger partial charge in [-0.2, -0.15) is 18.4 Å². The molecule has 2 unspecified atom stereocenters. The van der Waals surface area contributed by atoms with Crippen molar-refractivity contribution in [3.8, 4) is 6.07 Å². The van der Waals surface area contributed by atoms with Gasteiger partial charge in [-0.05, 0) is 55.3 Å². The molecule has 2 amide bonds. The molecule has 0 saturated carbocycles. The lowest BCUT2D eigenvalue weighted by molar-refractivity contribution is -0.138. The SMILES string of the molecule is [C-]#[N+]C1=C(C)N(c2cccc(C(F)(F)F)c2)C(=O)C(C(=O)N[C@H](C)c2ccccc2)C1c1ccc(C#N)cc1. The van der Waals surface area contributed by atoms with Crippen molar-refractivity contribution in [1.82, 2.24) is 5.32 Å². The van der Waals surface area contributed by atoms with Crippen LogP contribution < -0.4 is 10.2 Å². The Kier molecular flexibility index (Phi) is 7.55. The fraction of sp³-hybridized carbons (Fsp3) is 0.200. The molecule has 1 heterocycles. The molecule has 1 N–H and O–H groups in total. The number of nitriles is 1. The van der Waals surface area contributed by atoms with E-state index < -0.39 is 41.4 Å². The van der Waals surface area contributed by atoms with Crippen molar-refractivity contribution in [1.29, 1.82) is 5.26 Å². The van der Waals surface area contributed by atoms with E-state index in [1.807, 2.05) is 36.4 Å². The minimum absolute atomic E-state index is 0.0456. The second-order valence-electron chi connectivity index (χ2n) is 9.13. The third kappa shape index (κ3) is 5.39. The van der Waals surface area contributed by atoms with Crippen LogP contribution in [0.4, 0.5) is 18.9 Å². The normalized spacial score (nSPS) is 18.2. The van der Waals surface area contributed by atoms with Gasteiger partial charge in [-0.25, -0.2) is 4.85 Å². The van der Waals surface area contributed by atoms with Gasteiger partial charge >= 0.3 is 6.18 Å². The average molecular weight is 529 g/mol. The number of allylic oxidation sites excluding steroid dienone is 2. The number of rotatable bonds is 5. The van der Waals surface area contributed by atoms with Crippen LogP contribution in [0.5, 0.6) is 0 Å². The van der Waals surface area contributed by atoms with E-state index in [4.69, 9.17) is 6.57 Å². The molecular weight excluding hydrogens is 505 g/mol. The van der Waals surface area contributed by atoms with Crippen LogP contribution in [0.1, 0.15) is 48.1 Å². The third-order valence-corrected chi connectivity index (χ3v) is 6.71. The van der Waals surface area contributed by atoms with Crippen molar-refractivity contribution in [2.45, 2.75) is 32.0 Å². The van der Waals surface area contributed by atoms with Crippen molar-refractivity contribution in [3.63, 3.8) is 0 Å². The minimum atomic E-state index is -4.65. The highest BCUT2D eigenvalue weighted by molar-refractivity contribution is 6.12. The van der Waals surface area contributed by atoms with Gasteiger partial charge in [0.15, 0.2) is 5.70 Å². The number of nitrogens with zero attached hydrogens (tertiary/aromatic N) is 3. The molecule has 0 saturated heterocycles. The molecule has 1 aliphatic rings. The molecule has 6 nitrogen and oxygen atoms in total. The molecular formula is C30H23F3N4O2. The zero-order chi connectivity index (χ0) is 28.3. The first kappa shape index (κ1) is 27.2. The zero-order valence-corrected chi connectivity index (χ0v) is 21.0. The van der Waals surface area contributed by atoms with Gasteiger partial charge in [0.1, 0.15) is 5.92 Å².